The molecule has 0 saturated carbocycles. The fraction of sp³-hybridized carbons (Fsp3) is 0.250. The van der Waals surface area contributed by atoms with Gasteiger partial charge in [0.25, 0.3) is 0 Å². The summed E-state index contributed by atoms with van der Waals surface area (Å²) >= 11 is 0. The van der Waals surface area contributed by atoms with Crippen LogP contribution in [0.1, 0.15) is 21.5 Å². The Morgan fingerprint density at radius 2 is 2.04 bits per heavy atom. The Morgan fingerprint density at radius 1 is 1.23 bits per heavy atom. The summed E-state index contributed by atoms with van der Waals surface area (Å²) < 4.78 is 29.8. The van der Waals surface area contributed by atoms with Crippen molar-refractivity contribution < 1.29 is 23.4 Å². The lowest BCUT2D eigenvalue weighted by atomic mass is 10.0. The standard InChI is InChI=1S/C20H18FNO4/c1-24-9-8-22-11-16-17(25-12-22)7-6-15-19(23)18(26-20(15)16)10-13-2-4-14(21)5-3-13/h2-7,10H,8-9,11-12H2,1H3. The van der Waals surface area contributed by atoms with Gasteiger partial charge in [0.2, 0.25) is 5.78 Å². The second kappa shape index (κ2) is 6.90. The monoisotopic (exact) mass is 355 g/mol. The van der Waals surface area contributed by atoms with E-state index in [9.17, 15) is 9.18 Å². The van der Waals surface area contributed by atoms with E-state index in [1.54, 1.807) is 31.4 Å². The summed E-state index contributed by atoms with van der Waals surface area (Å²) in [4.78, 5) is 14.8. The van der Waals surface area contributed by atoms with Crippen molar-refractivity contribution in [2.75, 3.05) is 27.0 Å². The number of halogens is 1. The lowest BCUT2D eigenvalue weighted by Crippen LogP contribution is -2.34. The van der Waals surface area contributed by atoms with Crippen LogP contribution in [-0.4, -0.2) is 37.7 Å². The van der Waals surface area contributed by atoms with E-state index in [0.29, 0.717) is 36.8 Å². The van der Waals surface area contributed by atoms with Crippen molar-refractivity contribution in [1.29, 1.82) is 0 Å². The van der Waals surface area contributed by atoms with Gasteiger partial charge in [-0.05, 0) is 35.9 Å². The second-order valence-corrected chi connectivity index (χ2v) is 6.23. The Balaban J connectivity index is 1.63. The largest absolute Gasteiger partial charge is 0.478 e. The molecule has 0 saturated heterocycles. The number of ether oxygens (including phenoxy) is 3. The molecular weight excluding hydrogens is 337 g/mol. The van der Waals surface area contributed by atoms with Crippen LogP contribution in [0.2, 0.25) is 0 Å². The second-order valence-electron chi connectivity index (χ2n) is 6.23. The van der Waals surface area contributed by atoms with Crippen LogP contribution in [0.25, 0.3) is 6.08 Å². The number of benzene rings is 2. The summed E-state index contributed by atoms with van der Waals surface area (Å²) in [5.74, 6) is 1.00. The van der Waals surface area contributed by atoms with Gasteiger partial charge in [0, 0.05) is 20.2 Å². The molecule has 0 radical (unpaired) electrons. The van der Waals surface area contributed by atoms with E-state index >= 15 is 0 Å². The molecule has 4 rings (SSSR count). The predicted octanol–water partition coefficient (Wildman–Crippen LogP) is 3.24. The molecule has 0 N–H and O–H groups in total. The minimum absolute atomic E-state index is 0.180. The Morgan fingerprint density at radius 3 is 2.81 bits per heavy atom. The number of ketones is 1. The van der Waals surface area contributed by atoms with Gasteiger partial charge in [-0.15, -0.1) is 0 Å². The number of allylic oxidation sites excluding steroid dienone is 1. The van der Waals surface area contributed by atoms with Crippen LogP contribution in [-0.2, 0) is 11.3 Å². The predicted molar refractivity (Wildman–Crippen MR) is 93.6 cm³/mol. The number of methoxy groups -OCH3 is 1. The molecule has 0 atom stereocenters. The Labute approximate surface area is 150 Å². The van der Waals surface area contributed by atoms with E-state index in [0.717, 1.165) is 17.9 Å². The number of nitrogens with zero attached hydrogens (tertiary/aromatic N) is 1. The zero-order chi connectivity index (χ0) is 18.1. The topological polar surface area (TPSA) is 48.0 Å². The van der Waals surface area contributed by atoms with Crippen molar-refractivity contribution in [1.82, 2.24) is 4.90 Å². The molecule has 134 valence electrons. The average molecular weight is 355 g/mol. The SMILES string of the molecule is COCCN1COc2ccc3c(c2C1)OC(=Cc1ccc(F)cc1)C3=O. The first-order valence-electron chi connectivity index (χ1n) is 8.35. The fourth-order valence-electron chi connectivity index (χ4n) is 3.08. The van der Waals surface area contributed by atoms with Crippen molar-refractivity contribution in [3.05, 3.63) is 64.7 Å². The zero-order valence-corrected chi connectivity index (χ0v) is 14.3. The van der Waals surface area contributed by atoms with Gasteiger partial charge < -0.3 is 14.2 Å². The molecule has 2 heterocycles. The quantitative estimate of drug-likeness (QED) is 0.788. The molecule has 0 amide bonds. The summed E-state index contributed by atoms with van der Waals surface area (Å²) in [6.45, 7) is 2.43. The van der Waals surface area contributed by atoms with Gasteiger partial charge in [-0.2, -0.15) is 0 Å². The van der Waals surface area contributed by atoms with E-state index < -0.39 is 0 Å². The molecule has 0 unspecified atom stereocenters. The number of hydrogen-bond acceptors (Lipinski definition) is 5. The minimum atomic E-state index is -0.323. The van der Waals surface area contributed by atoms with E-state index in [1.165, 1.54) is 12.1 Å². The Bertz CT molecular complexity index is 876. The van der Waals surface area contributed by atoms with Crippen molar-refractivity contribution in [2.45, 2.75) is 6.54 Å². The Hall–Kier alpha value is -2.70. The van der Waals surface area contributed by atoms with Gasteiger partial charge in [0.15, 0.2) is 5.76 Å². The lowest BCUT2D eigenvalue weighted by molar-refractivity contribution is 0.0646. The molecule has 0 spiro atoms. The van der Waals surface area contributed by atoms with Crippen LogP contribution in [0, 0.1) is 5.82 Å². The van der Waals surface area contributed by atoms with Gasteiger partial charge in [-0.25, -0.2) is 4.39 Å². The highest BCUT2D eigenvalue weighted by molar-refractivity contribution is 6.15. The molecule has 5 nitrogen and oxygen atoms in total. The summed E-state index contributed by atoms with van der Waals surface area (Å²) in [6, 6.07) is 9.45. The van der Waals surface area contributed by atoms with Gasteiger partial charge in [0.05, 0.1) is 17.7 Å². The highest BCUT2D eigenvalue weighted by Gasteiger charge is 2.33. The normalized spacial score (nSPS) is 17.6. The Kier molecular flexibility index (Phi) is 4.44. The smallest absolute Gasteiger partial charge is 0.231 e. The number of fused-ring (bicyclic) bond motifs is 3. The molecule has 0 fully saturated rings. The molecule has 2 aliphatic rings. The minimum Gasteiger partial charge on any atom is -0.478 e. The van der Waals surface area contributed by atoms with Gasteiger partial charge >= 0.3 is 0 Å². The fourth-order valence-corrected chi connectivity index (χ4v) is 3.08. The van der Waals surface area contributed by atoms with Crippen molar-refractivity contribution in [3.8, 4) is 11.5 Å². The first-order valence-corrected chi connectivity index (χ1v) is 8.35. The molecule has 0 aliphatic carbocycles. The molecule has 2 aromatic rings. The van der Waals surface area contributed by atoms with Crippen molar-refractivity contribution in [2.24, 2.45) is 0 Å². The lowest BCUT2D eigenvalue weighted by Gasteiger charge is -2.29. The third-order valence-electron chi connectivity index (χ3n) is 4.46. The molecule has 26 heavy (non-hydrogen) atoms. The maximum Gasteiger partial charge on any atom is 0.231 e. The zero-order valence-electron chi connectivity index (χ0n) is 14.3. The highest BCUT2D eigenvalue weighted by atomic mass is 19.1. The summed E-state index contributed by atoms with van der Waals surface area (Å²) in [5, 5.41) is 0. The number of rotatable bonds is 4. The molecule has 0 aromatic heterocycles. The number of hydrogen-bond donors (Lipinski definition) is 0. The van der Waals surface area contributed by atoms with E-state index in [2.05, 4.69) is 4.90 Å². The molecule has 2 aliphatic heterocycles. The van der Waals surface area contributed by atoms with Crippen LogP contribution >= 0.6 is 0 Å². The van der Waals surface area contributed by atoms with Crippen molar-refractivity contribution >= 4 is 11.9 Å². The average Bonchev–Trinajstić information content (AvgIpc) is 2.98. The van der Waals surface area contributed by atoms with Gasteiger partial charge in [-0.3, -0.25) is 9.69 Å². The first kappa shape index (κ1) is 16.8. The van der Waals surface area contributed by atoms with E-state index in [4.69, 9.17) is 14.2 Å². The third kappa shape index (κ3) is 3.09. The molecule has 6 heteroatoms. The van der Waals surface area contributed by atoms with Crippen LogP contribution in [0.15, 0.2) is 42.2 Å². The van der Waals surface area contributed by atoms with E-state index in [1.807, 2.05) is 6.07 Å². The van der Waals surface area contributed by atoms with Gasteiger partial charge in [-0.1, -0.05) is 12.1 Å². The number of carbonyl (C=O) groups is 1. The summed E-state index contributed by atoms with van der Waals surface area (Å²) in [7, 11) is 1.66. The maximum absolute atomic E-state index is 13.1. The molecular formula is C20H18FNO4. The summed E-state index contributed by atoms with van der Waals surface area (Å²) in [6.07, 6.45) is 1.63. The van der Waals surface area contributed by atoms with Crippen LogP contribution in [0.5, 0.6) is 11.5 Å². The van der Waals surface area contributed by atoms with E-state index in [-0.39, 0.29) is 17.4 Å². The summed E-state index contributed by atoms with van der Waals surface area (Å²) in [5.41, 5.74) is 2.09. The maximum atomic E-state index is 13.1. The van der Waals surface area contributed by atoms with Crippen LogP contribution in [0.3, 0.4) is 0 Å². The van der Waals surface area contributed by atoms with Crippen LogP contribution in [0.4, 0.5) is 4.39 Å². The molecule has 0 bridgehead atoms. The first-order chi connectivity index (χ1) is 12.7. The van der Waals surface area contributed by atoms with Crippen LogP contribution < -0.4 is 9.47 Å². The highest BCUT2D eigenvalue weighted by Crippen LogP contribution is 2.41. The number of carbonyl (C=O) groups excluding carboxylic acids is 1. The molecule has 2 aromatic carbocycles. The van der Waals surface area contributed by atoms with Gasteiger partial charge in [0.1, 0.15) is 24.0 Å². The third-order valence-corrected chi connectivity index (χ3v) is 4.46. The number of Topliss-reactive ketones (excluding diaryl/α,β-unsaturated/α-hetero) is 1. The van der Waals surface area contributed by atoms with Crippen molar-refractivity contribution in [3.63, 3.8) is 0 Å².